The third kappa shape index (κ3) is 14.4. The number of carbonyl (C=O) groups excluding carboxylic acids is 2. The number of ether oxygens (including phenoxy) is 2. The zero-order chi connectivity index (χ0) is 23.4. The van der Waals surface area contributed by atoms with Crippen molar-refractivity contribution in [3.63, 3.8) is 0 Å². The third-order valence-corrected chi connectivity index (χ3v) is 4.93. The lowest BCUT2D eigenvalue weighted by Gasteiger charge is -2.06. The van der Waals surface area contributed by atoms with Gasteiger partial charge in [0.25, 0.3) is 0 Å². The maximum absolute atomic E-state index is 11.4. The van der Waals surface area contributed by atoms with E-state index in [1.54, 1.807) is 0 Å². The van der Waals surface area contributed by atoms with Crippen LogP contribution in [0.1, 0.15) is 70.4 Å². The van der Waals surface area contributed by atoms with Gasteiger partial charge in [0.05, 0.1) is 19.1 Å². The van der Waals surface area contributed by atoms with Gasteiger partial charge in [-0.3, -0.25) is 9.59 Å². The highest BCUT2D eigenvalue weighted by Crippen LogP contribution is 2.06. The Balaban J connectivity index is 0.000000330. The Labute approximate surface area is 194 Å². The molecule has 32 heavy (non-hydrogen) atoms. The Morgan fingerprint density at radius 1 is 0.719 bits per heavy atom. The van der Waals surface area contributed by atoms with Gasteiger partial charge in [-0.15, -0.1) is 0 Å². The van der Waals surface area contributed by atoms with E-state index in [2.05, 4.69) is 19.1 Å². The predicted octanol–water partition coefficient (Wildman–Crippen LogP) is 6.56. The fourth-order valence-corrected chi connectivity index (χ4v) is 2.95. The summed E-state index contributed by atoms with van der Waals surface area (Å²) in [4.78, 5) is 22.6. The molecule has 0 radical (unpaired) electrons. The number of hydrogen-bond donors (Lipinski definition) is 0. The van der Waals surface area contributed by atoms with Crippen LogP contribution in [-0.4, -0.2) is 25.2 Å². The van der Waals surface area contributed by atoms with E-state index in [9.17, 15) is 9.59 Å². The molecule has 0 aromatic heterocycles. The maximum atomic E-state index is 11.4. The molecule has 0 amide bonds. The summed E-state index contributed by atoms with van der Waals surface area (Å²) in [6.45, 7) is 6.84. The van der Waals surface area contributed by atoms with Gasteiger partial charge in [-0.1, -0.05) is 107 Å². The van der Waals surface area contributed by atoms with Crippen LogP contribution in [0.2, 0.25) is 0 Å². The molecule has 0 aliphatic heterocycles. The lowest BCUT2D eigenvalue weighted by Crippen LogP contribution is -2.13. The van der Waals surface area contributed by atoms with E-state index < -0.39 is 0 Å². The van der Waals surface area contributed by atoms with E-state index in [0.29, 0.717) is 19.6 Å². The van der Waals surface area contributed by atoms with Gasteiger partial charge in [0.1, 0.15) is 0 Å². The van der Waals surface area contributed by atoms with Gasteiger partial charge in [0.2, 0.25) is 0 Å². The van der Waals surface area contributed by atoms with Crippen LogP contribution in [0.4, 0.5) is 0 Å². The van der Waals surface area contributed by atoms with Crippen molar-refractivity contribution in [1.82, 2.24) is 0 Å². The summed E-state index contributed by atoms with van der Waals surface area (Å²) in [5.41, 5.74) is 2.41. The average Bonchev–Trinajstić information content (AvgIpc) is 2.80. The molecule has 0 heterocycles. The highest BCUT2D eigenvalue weighted by Gasteiger charge is 2.07. The first-order chi connectivity index (χ1) is 15.5. The molecule has 0 aliphatic carbocycles. The normalized spacial score (nSPS) is 10.2. The van der Waals surface area contributed by atoms with Crippen LogP contribution in [0.25, 0.3) is 0 Å². The van der Waals surface area contributed by atoms with Crippen molar-refractivity contribution in [1.29, 1.82) is 0 Å². The lowest BCUT2D eigenvalue weighted by atomic mass is 10.1. The summed E-state index contributed by atoms with van der Waals surface area (Å²) in [6, 6.07) is 20.1. The number of benzene rings is 2. The number of hydrogen-bond acceptors (Lipinski definition) is 4. The average molecular weight is 441 g/mol. The molecular formula is C28H40O4. The Kier molecular flexibility index (Phi) is 15.4. The molecule has 0 saturated carbocycles. The van der Waals surface area contributed by atoms with Crippen molar-refractivity contribution in [2.45, 2.75) is 72.1 Å². The minimum absolute atomic E-state index is 0.0363. The molecule has 0 N–H and O–H groups in total. The molecule has 2 aromatic carbocycles. The summed E-state index contributed by atoms with van der Waals surface area (Å²) in [7, 11) is 0. The van der Waals surface area contributed by atoms with Gasteiger partial charge >= 0.3 is 11.9 Å². The Hall–Kier alpha value is -2.62. The molecule has 176 valence electrons. The van der Waals surface area contributed by atoms with E-state index >= 15 is 0 Å². The number of rotatable bonds is 13. The van der Waals surface area contributed by atoms with Crippen LogP contribution in [0.15, 0.2) is 60.7 Å². The van der Waals surface area contributed by atoms with Crippen LogP contribution < -0.4 is 0 Å². The van der Waals surface area contributed by atoms with E-state index in [-0.39, 0.29) is 17.9 Å². The first-order valence-corrected chi connectivity index (χ1v) is 11.9. The first kappa shape index (κ1) is 27.4. The topological polar surface area (TPSA) is 52.6 Å². The van der Waals surface area contributed by atoms with Gasteiger partial charge in [-0.25, -0.2) is 0 Å². The zero-order valence-corrected chi connectivity index (χ0v) is 20.1. The standard InChI is InChI=1S/C16H24O2.C12H16O2/c1-2-3-4-5-9-12-16(17)18-14-13-15-10-7-6-8-11-15;1-10(2)12(13)14-9-8-11-6-4-3-5-7-11/h6-8,10-11H,2-5,9,12-14H2,1H3;3-7,10H,8-9H2,1-2H3. The molecule has 0 spiro atoms. The predicted molar refractivity (Wildman–Crippen MR) is 130 cm³/mol. The second-order valence-electron chi connectivity index (χ2n) is 8.18. The summed E-state index contributed by atoms with van der Waals surface area (Å²) in [5, 5.41) is 0. The number of carbonyl (C=O) groups is 2. The minimum atomic E-state index is -0.124. The van der Waals surface area contributed by atoms with Crippen molar-refractivity contribution in [3.05, 3.63) is 71.8 Å². The van der Waals surface area contributed by atoms with E-state index in [1.807, 2.05) is 62.4 Å². The van der Waals surface area contributed by atoms with Gasteiger partial charge in [-0.2, -0.15) is 0 Å². The smallest absolute Gasteiger partial charge is 0.308 e. The van der Waals surface area contributed by atoms with E-state index in [4.69, 9.17) is 9.47 Å². The number of esters is 2. The highest BCUT2D eigenvalue weighted by molar-refractivity contribution is 5.71. The third-order valence-electron chi connectivity index (χ3n) is 4.93. The van der Waals surface area contributed by atoms with Crippen LogP contribution in [0.5, 0.6) is 0 Å². The summed E-state index contributed by atoms with van der Waals surface area (Å²) in [6.07, 6.45) is 8.00. The van der Waals surface area contributed by atoms with Gasteiger partial charge in [-0.05, 0) is 17.5 Å². The van der Waals surface area contributed by atoms with Gasteiger partial charge in [0.15, 0.2) is 0 Å². The van der Waals surface area contributed by atoms with Crippen LogP contribution in [0.3, 0.4) is 0 Å². The monoisotopic (exact) mass is 440 g/mol. The fraction of sp³-hybridized carbons (Fsp3) is 0.500. The lowest BCUT2D eigenvalue weighted by molar-refractivity contribution is -0.147. The van der Waals surface area contributed by atoms with E-state index in [1.165, 1.54) is 30.4 Å². The largest absolute Gasteiger partial charge is 0.465 e. The maximum Gasteiger partial charge on any atom is 0.308 e. The zero-order valence-electron chi connectivity index (χ0n) is 20.1. The molecule has 4 nitrogen and oxygen atoms in total. The van der Waals surface area contributed by atoms with Crippen LogP contribution in [-0.2, 0) is 31.9 Å². The van der Waals surface area contributed by atoms with E-state index in [0.717, 1.165) is 25.7 Å². The van der Waals surface area contributed by atoms with Crippen LogP contribution >= 0.6 is 0 Å². The van der Waals surface area contributed by atoms with Gasteiger partial charge in [0, 0.05) is 19.3 Å². The summed E-state index contributed by atoms with van der Waals surface area (Å²) >= 11 is 0. The Bertz CT molecular complexity index is 726. The van der Waals surface area contributed by atoms with Crippen molar-refractivity contribution < 1.29 is 19.1 Å². The quantitative estimate of drug-likeness (QED) is 0.261. The van der Waals surface area contributed by atoms with Crippen molar-refractivity contribution >= 4 is 11.9 Å². The Morgan fingerprint density at radius 3 is 1.72 bits per heavy atom. The van der Waals surface area contributed by atoms with Crippen molar-refractivity contribution in [2.75, 3.05) is 13.2 Å². The molecule has 0 bridgehead atoms. The summed E-state index contributed by atoms with van der Waals surface area (Å²) < 4.78 is 10.3. The van der Waals surface area contributed by atoms with Gasteiger partial charge < -0.3 is 9.47 Å². The molecule has 2 aromatic rings. The molecule has 4 heteroatoms. The number of unbranched alkanes of at least 4 members (excludes halogenated alkanes) is 4. The summed E-state index contributed by atoms with van der Waals surface area (Å²) in [5.74, 6) is -0.214. The van der Waals surface area contributed by atoms with Crippen molar-refractivity contribution in [3.8, 4) is 0 Å². The SMILES string of the molecule is CC(C)C(=O)OCCc1ccccc1.CCCCCCCC(=O)OCCc1ccccc1. The molecule has 0 saturated heterocycles. The first-order valence-electron chi connectivity index (χ1n) is 11.9. The van der Waals surface area contributed by atoms with Crippen molar-refractivity contribution in [2.24, 2.45) is 5.92 Å². The second kappa shape index (κ2) is 18.0. The molecule has 0 unspecified atom stereocenters. The molecule has 2 rings (SSSR count). The van der Waals surface area contributed by atoms with Crippen LogP contribution in [0, 0.1) is 5.92 Å². The Morgan fingerprint density at radius 2 is 1.22 bits per heavy atom. The fourth-order valence-electron chi connectivity index (χ4n) is 2.95. The second-order valence-corrected chi connectivity index (χ2v) is 8.18. The minimum Gasteiger partial charge on any atom is -0.465 e. The highest BCUT2D eigenvalue weighted by atomic mass is 16.5. The molecule has 0 fully saturated rings. The molecule has 0 aliphatic rings. The molecule has 0 atom stereocenters. The molecular weight excluding hydrogens is 400 g/mol.